The third-order valence-electron chi connectivity index (χ3n) is 28.0. The average molecular weight is 1540 g/mol. The van der Waals surface area contributed by atoms with Crippen LogP contribution in [-0.4, -0.2) is 29.1 Å². The molecule has 28 rings (SSSR count). The van der Waals surface area contributed by atoms with Crippen LogP contribution in [0.3, 0.4) is 0 Å². The number of aromatic nitrogens is 6. The Morgan fingerprint density at radius 3 is 1.13 bits per heavy atom. The number of rotatable bonds is 9. The normalized spacial score (nSPS) is 19.4. The number of nitrogens with zero attached hydrogens (tertiary/aromatic N) is 6. The van der Waals surface area contributed by atoms with Crippen LogP contribution < -0.4 is 0 Å². The maximum atomic E-state index is 6.14. The van der Waals surface area contributed by atoms with Gasteiger partial charge in [0.1, 0.15) is 26.7 Å². The Labute approximate surface area is 687 Å². The van der Waals surface area contributed by atoms with Crippen molar-refractivity contribution in [2.75, 3.05) is 0 Å². The summed E-state index contributed by atoms with van der Waals surface area (Å²) in [6.45, 7) is 2.41. The minimum Gasteiger partial charge on any atom is -0.309 e. The highest BCUT2D eigenvalue weighted by molar-refractivity contribution is 7.26. The Balaban J connectivity index is 0.542. The highest BCUT2D eigenvalue weighted by atomic mass is 32.1. The second-order valence-electron chi connectivity index (χ2n) is 33.0. The number of benzene rings is 16. The zero-order valence-electron chi connectivity index (χ0n) is 63.9. The standard InChI is InChI=1S/C110H66N6S2/c1-106-80-34-9-12-37-83(80)107(84-38-13-10-35-81(84)106,85-39-14-11-36-82(85)106)104-111-100(98-76-32-7-23-48-96(76)117-102(98)113-104)69-27-25-26-67(62-69)68-54-60-94-78(63-68)74-30-5-21-46-92(74)115(94)72-56-50-65(51-57-72)66-52-58-73(59-53-66)116-93-47-22-6-31-75(93)79-64-70(55-61-95(79)116)101-99-77-33-8-24-49-97(77)118-103(99)114-105(112-101)109-87-41-16-15-40-86(87)108(71-28-3-2-4-29-71)88-42-17-19-44-90(88)110(108,109)91-45-20-18-43-89(91)109/h2-64H,1H3. The molecule has 6 nitrogen and oxygen atoms in total. The molecule has 0 saturated carbocycles. The molecule has 0 saturated heterocycles. The summed E-state index contributed by atoms with van der Waals surface area (Å²) in [5.74, 6) is 1.65. The van der Waals surface area contributed by atoms with Crippen molar-refractivity contribution >= 4 is 107 Å². The van der Waals surface area contributed by atoms with Crippen LogP contribution in [0.4, 0.5) is 0 Å². The van der Waals surface area contributed by atoms with Crippen LogP contribution in [0.5, 0.6) is 0 Å². The molecule has 1 spiro atoms. The molecule has 3 unspecified atom stereocenters. The van der Waals surface area contributed by atoms with E-state index in [2.05, 4.69) is 398 Å². The van der Waals surface area contributed by atoms with Crippen LogP contribution in [0.2, 0.25) is 0 Å². The van der Waals surface area contributed by atoms with E-state index in [1.165, 1.54) is 114 Å². The summed E-state index contributed by atoms with van der Waals surface area (Å²) in [6.07, 6.45) is 0. The largest absolute Gasteiger partial charge is 0.309 e. The topological polar surface area (TPSA) is 61.4 Å². The molecule has 6 aliphatic rings. The van der Waals surface area contributed by atoms with E-state index in [-0.39, 0.29) is 5.41 Å². The summed E-state index contributed by atoms with van der Waals surface area (Å²) >= 11 is 3.54. The smallest absolute Gasteiger partial charge is 0.150 e. The molecule has 6 aromatic heterocycles. The van der Waals surface area contributed by atoms with Gasteiger partial charge in [0, 0.05) is 80.4 Å². The van der Waals surface area contributed by atoms with Crippen molar-refractivity contribution in [2.24, 2.45) is 0 Å². The molecule has 0 N–H and O–H groups in total. The maximum absolute atomic E-state index is 6.14. The first-order valence-corrected chi connectivity index (χ1v) is 42.5. The van der Waals surface area contributed by atoms with Gasteiger partial charge in [0.05, 0.1) is 49.7 Å². The molecule has 0 amide bonds. The van der Waals surface area contributed by atoms with Crippen LogP contribution in [0.1, 0.15) is 90.9 Å². The Bertz CT molecular complexity index is 8070. The maximum Gasteiger partial charge on any atom is 0.150 e. The lowest BCUT2D eigenvalue weighted by atomic mass is 9.30. The Hall–Kier alpha value is -14.3. The van der Waals surface area contributed by atoms with Crippen molar-refractivity contribution in [1.29, 1.82) is 0 Å². The van der Waals surface area contributed by atoms with Crippen molar-refractivity contribution in [1.82, 2.24) is 29.1 Å². The summed E-state index contributed by atoms with van der Waals surface area (Å²) in [4.78, 5) is 25.8. The summed E-state index contributed by atoms with van der Waals surface area (Å²) in [6, 6.07) is 143. The molecule has 0 radical (unpaired) electrons. The lowest BCUT2D eigenvalue weighted by Crippen LogP contribution is -2.72. The molecule has 22 aromatic rings. The SMILES string of the molecule is CC12c3ccccc3C(c3nc(-c4cccc(-c5ccc6c(c5)c5ccccc5n6-c5ccc(-c6ccc(-n7c8ccccc8c8cc(-c9nc(C%10%11c%12ccccc%12C%12(c%13ccccc%13)c%13ccccc%13C%12%10c%10ccccc%10%11)nc%10sc%11ccccc%11c9%10)ccc87)cc6)cc5)c4)c4c(n3)sc3ccccc34)(c3ccccc31)c1ccccc12. The predicted molar refractivity (Wildman–Crippen MR) is 484 cm³/mol. The first-order valence-electron chi connectivity index (χ1n) is 40.8. The number of hydrogen-bond donors (Lipinski definition) is 0. The third kappa shape index (κ3) is 7.80. The van der Waals surface area contributed by atoms with Gasteiger partial charge < -0.3 is 9.13 Å². The van der Waals surface area contributed by atoms with E-state index < -0.39 is 21.7 Å². The van der Waals surface area contributed by atoms with Gasteiger partial charge in [0.2, 0.25) is 0 Å². The highest BCUT2D eigenvalue weighted by Gasteiger charge is 2.85. The number of para-hydroxylation sites is 2. The molecule has 8 heteroatoms. The summed E-state index contributed by atoms with van der Waals surface area (Å²) in [5, 5.41) is 9.28. The second-order valence-corrected chi connectivity index (χ2v) is 35.0. The second kappa shape index (κ2) is 23.3. The van der Waals surface area contributed by atoms with Gasteiger partial charge in [0.15, 0.2) is 0 Å². The highest BCUT2D eigenvalue weighted by Crippen LogP contribution is 2.85. The van der Waals surface area contributed by atoms with Crippen molar-refractivity contribution in [3.63, 3.8) is 0 Å². The van der Waals surface area contributed by atoms with Gasteiger partial charge in [-0.3, -0.25) is 0 Å². The van der Waals surface area contributed by atoms with E-state index in [0.717, 1.165) is 110 Å². The average Bonchev–Trinajstić information content (AvgIpc) is 1.39. The summed E-state index contributed by atoms with van der Waals surface area (Å²) in [7, 11) is 0. The first-order chi connectivity index (χ1) is 58.4. The van der Waals surface area contributed by atoms with Crippen molar-refractivity contribution in [3.05, 3.63) is 466 Å². The fourth-order valence-corrected chi connectivity index (χ4v) is 25.6. The van der Waals surface area contributed by atoms with Crippen molar-refractivity contribution < 1.29 is 0 Å². The zero-order valence-corrected chi connectivity index (χ0v) is 65.5. The van der Waals surface area contributed by atoms with E-state index >= 15 is 0 Å². The van der Waals surface area contributed by atoms with Gasteiger partial charge in [-0.05, 0) is 180 Å². The Kier molecular flexibility index (Phi) is 12.8. The van der Waals surface area contributed by atoms with Crippen LogP contribution in [0, 0.1) is 0 Å². The first kappa shape index (κ1) is 65.0. The van der Waals surface area contributed by atoms with Crippen LogP contribution in [-0.2, 0) is 27.1 Å². The fraction of sp³-hybridized carbons (Fsp3) is 0.0545. The Morgan fingerprint density at radius 1 is 0.246 bits per heavy atom. The van der Waals surface area contributed by atoms with Gasteiger partial charge >= 0.3 is 0 Å². The Morgan fingerprint density at radius 2 is 0.602 bits per heavy atom. The van der Waals surface area contributed by atoms with Crippen molar-refractivity contribution in [3.8, 4) is 56.1 Å². The third-order valence-corrected chi connectivity index (χ3v) is 30.1. The lowest BCUT2D eigenvalue weighted by Gasteiger charge is -2.69. The van der Waals surface area contributed by atoms with Gasteiger partial charge in [-0.25, -0.2) is 19.9 Å². The van der Waals surface area contributed by atoms with Gasteiger partial charge in [-0.2, -0.15) is 0 Å². The monoisotopic (exact) mass is 1530 g/mol. The van der Waals surface area contributed by atoms with E-state index in [1.807, 2.05) is 0 Å². The molecular weight excluding hydrogens is 1470 g/mol. The van der Waals surface area contributed by atoms with E-state index in [1.54, 1.807) is 22.7 Å². The zero-order chi connectivity index (χ0) is 77.1. The molecule has 2 bridgehead atoms. The lowest BCUT2D eigenvalue weighted by molar-refractivity contribution is 0.192. The number of fused-ring (bicyclic) bond motifs is 19. The van der Waals surface area contributed by atoms with E-state index in [9.17, 15) is 0 Å². The minimum atomic E-state index is -0.750. The molecule has 0 fully saturated rings. The number of hydrogen-bond acceptors (Lipinski definition) is 6. The van der Waals surface area contributed by atoms with E-state index in [4.69, 9.17) is 19.9 Å². The molecular formula is C110H66N6S2. The van der Waals surface area contributed by atoms with E-state index in [0.29, 0.717) is 0 Å². The number of thiophene rings is 2. The quantitative estimate of drug-likeness (QED) is 0.144. The van der Waals surface area contributed by atoms with Crippen LogP contribution in [0.25, 0.3) is 140 Å². The summed E-state index contributed by atoms with van der Waals surface area (Å²) in [5.41, 5.74) is 29.5. The summed E-state index contributed by atoms with van der Waals surface area (Å²) < 4.78 is 7.25. The molecule has 0 aliphatic heterocycles. The van der Waals surface area contributed by atoms with Crippen LogP contribution >= 0.6 is 22.7 Å². The molecule has 6 aliphatic carbocycles. The van der Waals surface area contributed by atoms with Gasteiger partial charge in [-0.15, -0.1) is 22.7 Å². The predicted octanol–water partition coefficient (Wildman–Crippen LogP) is 26.5. The molecule has 548 valence electrons. The van der Waals surface area contributed by atoms with Crippen molar-refractivity contribution in [2.45, 2.75) is 34.0 Å². The molecule has 3 atom stereocenters. The minimum absolute atomic E-state index is 0.334. The van der Waals surface area contributed by atoms with Gasteiger partial charge in [-0.1, -0.05) is 303 Å². The molecule has 16 aromatic carbocycles. The van der Waals surface area contributed by atoms with Gasteiger partial charge in [0.25, 0.3) is 0 Å². The van der Waals surface area contributed by atoms with Crippen LogP contribution in [0.15, 0.2) is 382 Å². The molecule has 6 heterocycles. The molecule has 118 heavy (non-hydrogen) atoms. The fourth-order valence-electron chi connectivity index (χ4n) is 23.5.